The minimum Gasteiger partial charge on any atom is -0.353 e. The van der Waals surface area contributed by atoms with Crippen LogP contribution in [0, 0.1) is 6.92 Å². The monoisotopic (exact) mass is 283 g/mol. The zero-order valence-electron chi connectivity index (χ0n) is 10.0. The summed E-state index contributed by atoms with van der Waals surface area (Å²) in [6.07, 6.45) is 1.93. The molecule has 1 saturated heterocycles. The Morgan fingerprint density at radius 3 is 2.88 bits per heavy atom. The Bertz CT molecular complexity index is 390. The third-order valence-corrected chi connectivity index (χ3v) is 3.41. The zero-order valence-corrected chi connectivity index (χ0v) is 11.6. The summed E-state index contributed by atoms with van der Waals surface area (Å²) in [5.74, 6) is 1.06. The van der Waals surface area contributed by atoms with Gasteiger partial charge in [-0.2, -0.15) is 0 Å². The average Bonchev–Trinajstić information content (AvgIpc) is 2.15. The molecule has 16 heavy (non-hydrogen) atoms. The molecule has 88 valence electrons. The van der Waals surface area contributed by atoms with Gasteiger partial charge < -0.3 is 10.2 Å². The van der Waals surface area contributed by atoms with Crippen molar-refractivity contribution in [2.45, 2.75) is 26.3 Å². The van der Waals surface area contributed by atoms with Crippen LogP contribution in [-0.2, 0) is 0 Å². The summed E-state index contributed by atoms with van der Waals surface area (Å²) in [5, 5.41) is 3.50. The van der Waals surface area contributed by atoms with E-state index < -0.39 is 0 Å². The Balaban J connectivity index is 2.23. The Morgan fingerprint density at radius 1 is 1.50 bits per heavy atom. The highest BCUT2D eigenvalue weighted by atomic mass is 79.9. The third kappa shape index (κ3) is 2.55. The van der Waals surface area contributed by atoms with Gasteiger partial charge in [0.2, 0.25) is 0 Å². The van der Waals surface area contributed by atoms with Crippen LogP contribution < -0.4 is 10.2 Å². The van der Waals surface area contributed by atoms with Crippen LogP contribution in [0.5, 0.6) is 0 Å². The van der Waals surface area contributed by atoms with Crippen LogP contribution >= 0.6 is 15.9 Å². The highest BCUT2D eigenvalue weighted by molar-refractivity contribution is 9.10. The largest absolute Gasteiger partial charge is 0.353 e. The molecular formula is C12H18BrN3. The number of pyridine rings is 1. The molecule has 3 nitrogen and oxygen atoms in total. The average molecular weight is 284 g/mol. The molecule has 0 aliphatic carbocycles. The molecule has 0 unspecified atom stereocenters. The predicted molar refractivity (Wildman–Crippen MR) is 71.0 cm³/mol. The van der Waals surface area contributed by atoms with Gasteiger partial charge >= 0.3 is 0 Å². The summed E-state index contributed by atoms with van der Waals surface area (Å²) < 4.78 is 1.09. The van der Waals surface area contributed by atoms with Gasteiger partial charge in [0.25, 0.3) is 0 Å². The van der Waals surface area contributed by atoms with Crippen molar-refractivity contribution in [3.8, 4) is 0 Å². The predicted octanol–water partition coefficient (Wildman–Crippen LogP) is 2.34. The number of anilines is 1. The fourth-order valence-corrected chi connectivity index (χ4v) is 2.80. The SMILES string of the molecule is Cc1cnc(N2CCNC(C)(C)C2)c(Br)c1. The van der Waals surface area contributed by atoms with Crippen LogP contribution in [-0.4, -0.2) is 30.2 Å². The Morgan fingerprint density at radius 2 is 2.25 bits per heavy atom. The second-order valence-electron chi connectivity index (χ2n) is 5.05. The van der Waals surface area contributed by atoms with E-state index in [0.717, 1.165) is 29.9 Å². The molecule has 0 spiro atoms. The van der Waals surface area contributed by atoms with Gasteiger partial charge in [-0.25, -0.2) is 4.98 Å². The second-order valence-corrected chi connectivity index (χ2v) is 5.90. The minimum atomic E-state index is 0.157. The van der Waals surface area contributed by atoms with E-state index in [1.165, 1.54) is 5.56 Å². The van der Waals surface area contributed by atoms with Crippen LogP contribution in [0.2, 0.25) is 0 Å². The standard InChI is InChI=1S/C12H18BrN3/c1-9-6-10(13)11(14-7-9)16-5-4-15-12(2,3)8-16/h6-7,15H,4-5,8H2,1-3H3. The maximum Gasteiger partial charge on any atom is 0.142 e. The summed E-state index contributed by atoms with van der Waals surface area (Å²) in [4.78, 5) is 6.85. The van der Waals surface area contributed by atoms with E-state index in [1.54, 1.807) is 0 Å². The molecule has 2 rings (SSSR count). The van der Waals surface area contributed by atoms with E-state index in [0.29, 0.717) is 0 Å². The van der Waals surface area contributed by atoms with Crippen molar-refractivity contribution in [1.82, 2.24) is 10.3 Å². The van der Waals surface area contributed by atoms with E-state index in [1.807, 2.05) is 6.20 Å². The number of halogens is 1. The van der Waals surface area contributed by atoms with Gasteiger partial charge in [-0.3, -0.25) is 0 Å². The summed E-state index contributed by atoms with van der Waals surface area (Å²) >= 11 is 3.60. The molecule has 1 aliphatic heterocycles. The maximum atomic E-state index is 4.52. The molecule has 2 heterocycles. The lowest BCUT2D eigenvalue weighted by atomic mass is 10.0. The van der Waals surface area contributed by atoms with E-state index >= 15 is 0 Å². The number of nitrogens with one attached hydrogen (secondary N) is 1. The van der Waals surface area contributed by atoms with Gasteiger partial charge in [0.1, 0.15) is 5.82 Å². The fourth-order valence-electron chi connectivity index (χ4n) is 2.08. The zero-order chi connectivity index (χ0) is 11.8. The third-order valence-electron chi connectivity index (χ3n) is 2.83. The first-order chi connectivity index (χ1) is 7.48. The smallest absolute Gasteiger partial charge is 0.142 e. The molecule has 4 heteroatoms. The second kappa shape index (κ2) is 4.34. The summed E-state index contributed by atoms with van der Waals surface area (Å²) in [5.41, 5.74) is 1.34. The van der Waals surface area contributed by atoms with Gasteiger partial charge in [0.05, 0.1) is 4.47 Å². The lowest BCUT2D eigenvalue weighted by molar-refractivity contribution is 0.351. The Labute approximate surface area is 105 Å². The summed E-state index contributed by atoms with van der Waals surface area (Å²) in [6, 6.07) is 2.12. The van der Waals surface area contributed by atoms with Crippen LogP contribution in [0.1, 0.15) is 19.4 Å². The molecule has 1 aliphatic rings. The molecule has 0 amide bonds. The lowest BCUT2D eigenvalue weighted by Crippen LogP contribution is -2.57. The van der Waals surface area contributed by atoms with Crippen LogP contribution in [0.25, 0.3) is 0 Å². The number of hydrogen-bond donors (Lipinski definition) is 1. The number of hydrogen-bond acceptors (Lipinski definition) is 3. The molecule has 1 N–H and O–H groups in total. The highest BCUT2D eigenvalue weighted by Crippen LogP contribution is 2.26. The number of aryl methyl sites for hydroxylation is 1. The molecule has 0 aromatic carbocycles. The normalized spacial score (nSPS) is 19.9. The molecule has 0 atom stereocenters. The first kappa shape index (κ1) is 11.9. The van der Waals surface area contributed by atoms with Gasteiger partial charge in [-0.1, -0.05) is 0 Å². The minimum absolute atomic E-state index is 0.157. The van der Waals surface area contributed by atoms with Crippen molar-refractivity contribution in [2.24, 2.45) is 0 Å². The lowest BCUT2D eigenvalue weighted by Gasteiger charge is -2.40. The maximum absolute atomic E-state index is 4.52. The van der Waals surface area contributed by atoms with Gasteiger partial charge in [0, 0.05) is 31.4 Å². The van der Waals surface area contributed by atoms with Gasteiger partial charge in [-0.05, 0) is 48.3 Å². The van der Waals surface area contributed by atoms with Crippen molar-refractivity contribution in [3.63, 3.8) is 0 Å². The summed E-state index contributed by atoms with van der Waals surface area (Å²) in [7, 11) is 0. The molecule has 0 bridgehead atoms. The number of rotatable bonds is 1. The number of nitrogens with zero attached hydrogens (tertiary/aromatic N) is 2. The van der Waals surface area contributed by atoms with E-state index in [2.05, 4.69) is 58.0 Å². The van der Waals surface area contributed by atoms with E-state index in [4.69, 9.17) is 0 Å². The highest BCUT2D eigenvalue weighted by Gasteiger charge is 2.27. The number of aromatic nitrogens is 1. The van der Waals surface area contributed by atoms with Crippen molar-refractivity contribution in [2.75, 3.05) is 24.5 Å². The molecule has 1 fully saturated rings. The fraction of sp³-hybridized carbons (Fsp3) is 0.583. The number of piperazine rings is 1. The van der Waals surface area contributed by atoms with Crippen molar-refractivity contribution >= 4 is 21.7 Å². The Hall–Kier alpha value is -0.610. The van der Waals surface area contributed by atoms with Crippen LogP contribution in [0.3, 0.4) is 0 Å². The molecule has 0 radical (unpaired) electrons. The van der Waals surface area contributed by atoms with Gasteiger partial charge in [-0.15, -0.1) is 0 Å². The molecule has 1 aromatic rings. The van der Waals surface area contributed by atoms with Gasteiger partial charge in [0.15, 0.2) is 0 Å². The summed E-state index contributed by atoms with van der Waals surface area (Å²) in [6.45, 7) is 9.51. The van der Waals surface area contributed by atoms with Crippen molar-refractivity contribution in [3.05, 3.63) is 22.3 Å². The first-order valence-electron chi connectivity index (χ1n) is 5.60. The van der Waals surface area contributed by atoms with Crippen LogP contribution in [0.4, 0.5) is 5.82 Å². The molecule has 1 aromatic heterocycles. The first-order valence-corrected chi connectivity index (χ1v) is 6.39. The van der Waals surface area contributed by atoms with Crippen molar-refractivity contribution in [1.29, 1.82) is 0 Å². The van der Waals surface area contributed by atoms with Crippen molar-refractivity contribution < 1.29 is 0 Å². The topological polar surface area (TPSA) is 28.2 Å². The quantitative estimate of drug-likeness (QED) is 0.858. The Kier molecular flexibility index (Phi) is 3.22. The van der Waals surface area contributed by atoms with E-state index in [-0.39, 0.29) is 5.54 Å². The molecular weight excluding hydrogens is 266 g/mol. The molecule has 0 saturated carbocycles. The van der Waals surface area contributed by atoms with Crippen LogP contribution in [0.15, 0.2) is 16.7 Å². The van der Waals surface area contributed by atoms with E-state index in [9.17, 15) is 0 Å².